The van der Waals surface area contributed by atoms with Gasteiger partial charge in [0.05, 0.1) is 19.8 Å². The largest absolute Gasteiger partial charge is 0.382 e. The minimum atomic E-state index is 0.230. The molecule has 0 spiro atoms. The summed E-state index contributed by atoms with van der Waals surface area (Å²) in [7, 11) is 3.49. The van der Waals surface area contributed by atoms with Gasteiger partial charge in [0.25, 0.3) is 0 Å². The summed E-state index contributed by atoms with van der Waals surface area (Å²) in [6.07, 6.45) is 5.08. The molecule has 0 atom stereocenters. The maximum absolute atomic E-state index is 5.47. The molecule has 1 aliphatic rings. The van der Waals surface area contributed by atoms with E-state index in [0.29, 0.717) is 19.8 Å². The summed E-state index contributed by atoms with van der Waals surface area (Å²) in [5, 5.41) is 6.82. The van der Waals surface area contributed by atoms with Crippen molar-refractivity contribution in [2.75, 3.05) is 47.1 Å². The fraction of sp³-hybridized carbons (Fsp3) is 0.632. The molecule has 5 nitrogen and oxygen atoms in total. The first-order chi connectivity index (χ1) is 11.8. The third-order valence-electron chi connectivity index (χ3n) is 4.74. The van der Waals surface area contributed by atoms with Gasteiger partial charge in [0, 0.05) is 32.7 Å². The van der Waals surface area contributed by atoms with Gasteiger partial charge in [0.1, 0.15) is 0 Å². The smallest absolute Gasteiger partial charge is 0.191 e. The molecule has 2 N–H and O–H groups in total. The third kappa shape index (κ3) is 5.49. The lowest BCUT2D eigenvalue weighted by Crippen LogP contribution is -2.45. The number of nitrogens with zero attached hydrogens (tertiary/aromatic N) is 1. The number of benzene rings is 1. The molecule has 1 saturated carbocycles. The van der Waals surface area contributed by atoms with Crippen LogP contribution in [0, 0.1) is 0 Å². The summed E-state index contributed by atoms with van der Waals surface area (Å²) in [6, 6.07) is 10.9. The summed E-state index contributed by atoms with van der Waals surface area (Å²) in [5.41, 5.74) is 1.67. The van der Waals surface area contributed by atoms with Gasteiger partial charge >= 0.3 is 0 Å². The standard InChI is InChI=1S/C19H31N3O2/c1-20-18(21-12-13-24-15-14-23-2)22-16-19(10-6-7-11-19)17-8-4-3-5-9-17/h3-5,8-9H,6-7,10-16H2,1-2H3,(H2,20,21,22). The Balaban J connectivity index is 1.80. The number of guanidine groups is 1. The maximum atomic E-state index is 5.47. The van der Waals surface area contributed by atoms with Crippen LogP contribution in [0.15, 0.2) is 35.3 Å². The molecule has 5 heteroatoms. The van der Waals surface area contributed by atoms with Crippen LogP contribution in [-0.2, 0) is 14.9 Å². The lowest BCUT2D eigenvalue weighted by Gasteiger charge is -2.30. The van der Waals surface area contributed by atoms with E-state index in [-0.39, 0.29) is 5.41 Å². The normalized spacial score (nSPS) is 17.0. The van der Waals surface area contributed by atoms with E-state index in [1.165, 1.54) is 31.2 Å². The Morgan fingerprint density at radius 2 is 1.83 bits per heavy atom. The first-order valence-electron chi connectivity index (χ1n) is 8.87. The Labute approximate surface area is 145 Å². The van der Waals surface area contributed by atoms with Gasteiger partial charge in [-0.25, -0.2) is 0 Å². The van der Waals surface area contributed by atoms with E-state index in [1.54, 1.807) is 7.11 Å². The summed E-state index contributed by atoms with van der Waals surface area (Å²) in [4.78, 5) is 4.32. The van der Waals surface area contributed by atoms with Gasteiger partial charge < -0.3 is 20.1 Å². The van der Waals surface area contributed by atoms with Crippen LogP contribution in [0.1, 0.15) is 31.2 Å². The fourth-order valence-electron chi connectivity index (χ4n) is 3.37. The monoisotopic (exact) mass is 333 g/mol. The van der Waals surface area contributed by atoms with Crippen LogP contribution in [0.25, 0.3) is 0 Å². The molecule has 1 fully saturated rings. The van der Waals surface area contributed by atoms with Crippen molar-refractivity contribution in [3.8, 4) is 0 Å². The number of hydrogen-bond acceptors (Lipinski definition) is 3. The van der Waals surface area contributed by atoms with E-state index in [2.05, 4.69) is 46.0 Å². The lowest BCUT2D eigenvalue weighted by molar-refractivity contribution is 0.0733. The van der Waals surface area contributed by atoms with Crippen LogP contribution in [0.4, 0.5) is 0 Å². The van der Waals surface area contributed by atoms with Gasteiger partial charge in [-0.3, -0.25) is 4.99 Å². The van der Waals surface area contributed by atoms with Crippen molar-refractivity contribution in [1.29, 1.82) is 0 Å². The van der Waals surface area contributed by atoms with Crippen LogP contribution < -0.4 is 10.6 Å². The van der Waals surface area contributed by atoms with Crippen molar-refractivity contribution < 1.29 is 9.47 Å². The lowest BCUT2D eigenvalue weighted by atomic mass is 9.79. The predicted octanol–water partition coefficient (Wildman–Crippen LogP) is 2.33. The number of ether oxygens (including phenoxy) is 2. The van der Waals surface area contributed by atoms with Gasteiger partial charge in [-0.2, -0.15) is 0 Å². The van der Waals surface area contributed by atoms with Gasteiger partial charge in [-0.1, -0.05) is 43.2 Å². The molecule has 0 aromatic heterocycles. The van der Waals surface area contributed by atoms with E-state index in [1.807, 2.05) is 7.05 Å². The van der Waals surface area contributed by atoms with Crippen molar-refractivity contribution >= 4 is 5.96 Å². The molecular weight excluding hydrogens is 302 g/mol. The van der Waals surface area contributed by atoms with E-state index < -0.39 is 0 Å². The number of hydrogen-bond donors (Lipinski definition) is 2. The minimum Gasteiger partial charge on any atom is -0.382 e. The maximum Gasteiger partial charge on any atom is 0.191 e. The summed E-state index contributed by atoms with van der Waals surface area (Å²) in [5.74, 6) is 0.840. The molecule has 2 rings (SSSR count). The molecule has 0 radical (unpaired) electrons. The highest BCUT2D eigenvalue weighted by molar-refractivity contribution is 5.79. The molecule has 0 unspecified atom stereocenters. The zero-order valence-corrected chi connectivity index (χ0v) is 15.0. The summed E-state index contributed by atoms with van der Waals surface area (Å²) >= 11 is 0. The second-order valence-corrected chi connectivity index (χ2v) is 6.31. The van der Waals surface area contributed by atoms with Crippen LogP contribution >= 0.6 is 0 Å². The van der Waals surface area contributed by atoms with Crippen molar-refractivity contribution in [3.63, 3.8) is 0 Å². The van der Waals surface area contributed by atoms with Gasteiger partial charge in [-0.05, 0) is 18.4 Å². The molecule has 24 heavy (non-hydrogen) atoms. The third-order valence-corrected chi connectivity index (χ3v) is 4.74. The van der Waals surface area contributed by atoms with Gasteiger partial charge in [0.15, 0.2) is 5.96 Å². The zero-order valence-electron chi connectivity index (χ0n) is 15.0. The Kier molecular flexibility index (Phi) is 8.05. The van der Waals surface area contributed by atoms with E-state index >= 15 is 0 Å². The van der Waals surface area contributed by atoms with Crippen molar-refractivity contribution in [3.05, 3.63) is 35.9 Å². The van der Waals surface area contributed by atoms with Crippen molar-refractivity contribution in [2.24, 2.45) is 4.99 Å². The number of nitrogens with one attached hydrogen (secondary N) is 2. The number of methoxy groups -OCH3 is 1. The molecular formula is C19H31N3O2. The Morgan fingerprint density at radius 1 is 1.08 bits per heavy atom. The Morgan fingerprint density at radius 3 is 2.50 bits per heavy atom. The predicted molar refractivity (Wildman–Crippen MR) is 98.6 cm³/mol. The van der Waals surface area contributed by atoms with Gasteiger partial charge in [0.2, 0.25) is 0 Å². The SMILES string of the molecule is CN=C(NCCOCCOC)NCC1(c2ccccc2)CCCC1. The summed E-state index contributed by atoms with van der Waals surface area (Å²) < 4.78 is 10.4. The second kappa shape index (κ2) is 10.3. The first-order valence-corrected chi connectivity index (χ1v) is 8.87. The van der Waals surface area contributed by atoms with Crippen LogP contribution in [0.3, 0.4) is 0 Å². The van der Waals surface area contributed by atoms with Crippen molar-refractivity contribution in [2.45, 2.75) is 31.1 Å². The molecule has 134 valence electrons. The summed E-state index contributed by atoms with van der Waals surface area (Å²) in [6.45, 7) is 3.56. The molecule has 0 heterocycles. The van der Waals surface area contributed by atoms with Crippen molar-refractivity contribution in [1.82, 2.24) is 10.6 Å². The molecule has 0 amide bonds. The topological polar surface area (TPSA) is 54.9 Å². The zero-order chi connectivity index (χ0) is 17.1. The van der Waals surface area contributed by atoms with E-state index in [0.717, 1.165) is 19.0 Å². The molecule has 0 saturated heterocycles. The van der Waals surface area contributed by atoms with Gasteiger partial charge in [-0.15, -0.1) is 0 Å². The second-order valence-electron chi connectivity index (χ2n) is 6.31. The Hall–Kier alpha value is -1.59. The minimum absolute atomic E-state index is 0.230. The fourth-order valence-corrected chi connectivity index (χ4v) is 3.37. The number of rotatable bonds is 9. The number of aliphatic imine (C=N–C) groups is 1. The van der Waals surface area contributed by atoms with Crippen LogP contribution in [0.5, 0.6) is 0 Å². The van der Waals surface area contributed by atoms with E-state index in [4.69, 9.17) is 9.47 Å². The average Bonchev–Trinajstić information content (AvgIpc) is 3.11. The van der Waals surface area contributed by atoms with Crippen LogP contribution in [0.2, 0.25) is 0 Å². The highest BCUT2D eigenvalue weighted by atomic mass is 16.5. The molecule has 1 aromatic carbocycles. The quantitative estimate of drug-likeness (QED) is 0.414. The Bertz CT molecular complexity index is 485. The average molecular weight is 333 g/mol. The highest BCUT2D eigenvalue weighted by Gasteiger charge is 2.35. The van der Waals surface area contributed by atoms with Crippen LogP contribution in [-0.4, -0.2) is 53.0 Å². The molecule has 1 aliphatic carbocycles. The molecule has 1 aromatic rings. The first kappa shape index (κ1) is 18.7. The molecule has 0 bridgehead atoms. The van der Waals surface area contributed by atoms with E-state index in [9.17, 15) is 0 Å². The molecule has 0 aliphatic heterocycles. The highest BCUT2D eigenvalue weighted by Crippen LogP contribution is 2.40.